The summed E-state index contributed by atoms with van der Waals surface area (Å²) >= 11 is 0. The molecular weight excluding hydrogens is 403 g/mol. The zero-order valence-electron chi connectivity index (χ0n) is 17.9. The number of hydrogen-bond donors (Lipinski definition) is 0. The molecule has 3 aromatic rings. The minimum Gasteiger partial charge on any atom is -0.494 e. The molecule has 164 valence electrons. The van der Waals surface area contributed by atoms with Gasteiger partial charge in [0.05, 0.1) is 33.0 Å². The molecule has 0 fully saturated rings. The van der Waals surface area contributed by atoms with Crippen LogP contribution in [0, 0.1) is 12.7 Å². The number of halogens is 1. The minimum absolute atomic E-state index is 0.106. The van der Waals surface area contributed by atoms with Gasteiger partial charge in [0.15, 0.2) is 17.3 Å². The van der Waals surface area contributed by atoms with E-state index in [1.807, 2.05) is 18.5 Å². The molecule has 0 radical (unpaired) electrons. The van der Waals surface area contributed by atoms with Crippen LogP contribution in [0.3, 0.4) is 0 Å². The molecular formula is C22H25FN4O4. The molecule has 0 spiro atoms. The Morgan fingerprint density at radius 2 is 2.19 bits per heavy atom. The Morgan fingerprint density at radius 1 is 1.35 bits per heavy atom. The van der Waals surface area contributed by atoms with E-state index in [0.29, 0.717) is 56.6 Å². The van der Waals surface area contributed by atoms with Crippen LogP contribution in [-0.2, 0) is 24.2 Å². The van der Waals surface area contributed by atoms with Crippen molar-refractivity contribution >= 4 is 5.91 Å². The van der Waals surface area contributed by atoms with E-state index >= 15 is 0 Å². The van der Waals surface area contributed by atoms with Crippen molar-refractivity contribution in [3.8, 4) is 17.3 Å². The lowest BCUT2D eigenvalue weighted by atomic mass is 10.0. The molecule has 0 N–H and O–H groups in total. The number of aromatic nitrogens is 3. The summed E-state index contributed by atoms with van der Waals surface area (Å²) in [5.74, 6) is 0.405. The molecule has 1 aliphatic heterocycles. The Hall–Kier alpha value is -3.20. The predicted octanol–water partition coefficient (Wildman–Crippen LogP) is 3.23. The third kappa shape index (κ3) is 4.18. The van der Waals surface area contributed by atoms with Crippen molar-refractivity contribution in [1.82, 2.24) is 19.7 Å². The number of aryl methyl sites for hydroxylation is 1. The van der Waals surface area contributed by atoms with Gasteiger partial charge in [-0.3, -0.25) is 9.48 Å². The molecule has 31 heavy (non-hydrogen) atoms. The van der Waals surface area contributed by atoms with Gasteiger partial charge in [-0.15, -0.1) is 0 Å². The second-order valence-electron chi connectivity index (χ2n) is 7.30. The maximum Gasteiger partial charge on any atom is 0.254 e. The fraction of sp³-hybridized carbons (Fsp3) is 0.409. The number of carbonyl (C=O) groups excluding carboxylic acids is 1. The van der Waals surface area contributed by atoms with Crippen LogP contribution >= 0.6 is 0 Å². The van der Waals surface area contributed by atoms with Crippen LogP contribution in [0.25, 0.3) is 11.6 Å². The van der Waals surface area contributed by atoms with Gasteiger partial charge in [0, 0.05) is 36.4 Å². The van der Waals surface area contributed by atoms with Crippen molar-refractivity contribution in [3.05, 3.63) is 52.8 Å². The third-order valence-corrected chi connectivity index (χ3v) is 5.30. The van der Waals surface area contributed by atoms with Gasteiger partial charge in [0.1, 0.15) is 5.76 Å². The molecule has 0 aliphatic carbocycles. The molecule has 0 unspecified atom stereocenters. The van der Waals surface area contributed by atoms with Gasteiger partial charge in [0.2, 0.25) is 5.89 Å². The second-order valence-corrected chi connectivity index (χ2v) is 7.30. The van der Waals surface area contributed by atoms with Crippen molar-refractivity contribution in [1.29, 1.82) is 0 Å². The lowest BCUT2D eigenvalue weighted by molar-refractivity contribution is 0.0731. The van der Waals surface area contributed by atoms with Crippen molar-refractivity contribution < 1.29 is 23.1 Å². The number of oxazole rings is 1. The largest absolute Gasteiger partial charge is 0.494 e. The highest BCUT2D eigenvalue weighted by molar-refractivity contribution is 5.94. The first-order valence-corrected chi connectivity index (χ1v) is 10.2. The van der Waals surface area contributed by atoms with Gasteiger partial charge in [-0.1, -0.05) is 0 Å². The van der Waals surface area contributed by atoms with Gasteiger partial charge >= 0.3 is 0 Å². The van der Waals surface area contributed by atoms with E-state index in [1.165, 1.54) is 19.2 Å². The quantitative estimate of drug-likeness (QED) is 0.538. The SMILES string of the molecule is CCOCCn1nc(-c2ncc(C)o2)c2c1CCN(C(=O)c1ccc(OC)c(F)c1)C2. The Kier molecular flexibility index (Phi) is 6.03. The standard InChI is InChI=1S/C22H25FN4O4/c1-4-30-10-9-27-18-7-8-26(22(28)15-5-6-19(29-3)17(23)11-15)13-16(18)20(25-27)21-24-12-14(2)31-21/h5-6,11-12H,4,7-10,13H2,1-3H3. The van der Waals surface area contributed by atoms with Crippen molar-refractivity contribution in [3.63, 3.8) is 0 Å². The first kappa shape index (κ1) is 21.0. The number of methoxy groups -OCH3 is 1. The van der Waals surface area contributed by atoms with E-state index in [0.717, 1.165) is 11.3 Å². The Balaban J connectivity index is 1.63. The molecule has 1 aromatic carbocycles. The Bertz CT molecular complexity index is 1090. The number of rotatable bonds is 7. The van der Waals surface area contributed by atoms with Crippen molar-refractivity contribution in [2.24, 2.45) is 0 Å². The van der Waals surface area contributed by atoms with Crippen LogP contribution in [-0.4, -0.2) is 52.4 Å². The van der Waals surface area contributed by atoms with E-state index in [-0.39, 0.29) is 17.2 Å². The number of ether oxygens (including phenoxy) is 2. The molecule has 1 amide bonds. The van der Waals surface area contributed by atoms with Crippen molar-refractivity contribution in [2.75, 3.05) is 26.9 Å². The van der Waals surface area contributed by atoms with Gasteiger partial charge in [0.25, 0.3) is 5.91 Å². The summed E-state index contributed by atoms with van der Waals surface area (Å²) in [4.78, 5) is 19.1. The number of carbonyl (C=O) groups is 1. The van der Waals surface area contributed by atoms with Crippen LogP contribution in [0.15, 0.2) is 28.8 Å². The van der Waals surface area contributed by atoms with Crippen molar-refractivity contribution in [2.45, 2.75) is 33.4 Å². The number of benzene rings is 1. The predicted molar refractivity (Wildman–Crippen MR) is 110 cm³/mol. The normalized spacial score (nSPS) is 13.4. The zero-order chi connectivity index (χ0) is 22.0. The molecule has 0 atom stereocenters. The van der Waals surface area contributed by atoms with E-state index in [2.05, 4.69) is 4.98 Å². The number of amides is 1. The van der Waals surface area contributed by atoms with Crippen LogP contribution in [0.4, 0.5) is 4.39 Å². The zero-order valence-corrected chi connectivity index (χ0v) is 17.9. The fourth-order valence-electron chi connectivity index (χ4n) is 3.76. The van der Waals surface area contributed by atoms with Gasteiger partial charge in [-0.2, -0.15) is 5.10 Å². The lowest BCUT2D eigenvalue weighted by Gasteiger charge is -2.28. The van der Waals surface area contributed by atoms with E-state index in [4.69, 9.17) is 19.0 Å². The number of hydrogen-bond acceptors (Lipinski definition) is 6. The third-order valence-electron chi connectivity index (χ3n) is 5.30. The summed E-state index contributed by atoms with van der Waals surface area (Å²) in [7, 11) is 1.39. The summed E-state index contributed by atoms with van der Waals surface area (Å²) in [6.07, 6.45) is 2.27. The molecule has 1 aliphatic rings. The fourth-order valence-corrected chi connectivity index (χ4v) is 3.76. The Morgan fingerprint density at radius 3 is 2.87 bits per heavy atom. The molecule has 8 nitrogen and oxygen atoms in total. The first-order chi connectivity index (χ1) is 15.0. The van der Waals surface area contributed by atoms with Gasteiger partial charge in [-0.25, -0.2) is 9.37 Å². The second kappa shape index (κ2) is 8.89. The molecule has 3 heterocycles. The monoisotopic (exact) mass is 428 g/mol. The van der Waals surface area contributed by atoms with Crippen LogP contribution < -0.4 is 4.74 Å². The molecule has 0 saturated heterocycles. The number of fused-ring (bicyclic) bond motifs is 1. The minimum atomic E-state index is -0.564. The Labute approximate surface area is 179 Å². The molecule has 0 saturated carbocycles. The maximum absolute atomic E-state index is 14.1. The van der Waals surface area contributed by atoms with Gasteiger partial charge in [-0.05, 0) is 32.0 Å². The van der Waals surface area contributed by atoms with Gasteiger partial charge < -0.3 is 18.8 Å². The first-order valence-electron chi connectivity index (χ1n) is 10.2. The number of nitrogens with zero attached hydrogens (tertiary/aromatic N) is 4. The topological polar surface area (TPSA) is 82.6 Å². The summed E-state index contributed by atoms with van der Waals surface area (Å²) in [5.41, 5.74) is 2.83. The van der Waals surface area contributed by atoms with Crippen LogP contribution in [0.5, 0.6) is 5.75 Å². The highest BCUT2D eigenvalue weighted by atomic mass is 19.1. The summed E-state index contributed by atoms with van der Waals surface area (Å²) in [6, 6.07) is 4.24. The van der Waals surface area contributed by atoms with Crippen LogP contribution in [0.2, 0.25) is 0 Å². The van der Waals surface area contributed by atoms with Crippen LogP contribution in [0.1, 0.15) is 34.3 Å². The average molecular weight is 428 g/mol. The summed E-state index contributed by atoms with van der Waals surface area (Å²) in [5, 5.41) is 4.72. The van der Waals surface area contributed by atoms with E-state index in [1.54, 1.807) is 17.2 Å². The smallest absolute Gasteiger partial charge is 0.254 e. The molecule has 0 bridgehead atoms. The summed E-state index contributed by atoms with van der Waals surface area (Å²) < 4.78 is 32.2. The molecule has 2 aromatic heterocycles. The highest BCUT2D eigenvalue weighted by Gasteiger charge is 2.30. The average Bonchev–Trinajstić information content (AvgIpc) is 3.36. The molecule has 9 heteroatoms. The van der Waals surface area contributed by atoms with E-state index < -0.39 is 5.82 Å². The molecule has 4 rings (SSSR count). The highest BCUT2D eigenvalue weighted by Crippen LogP contribution is 2.31. The van der Waals surface area contributed by atoms with E-state index in [9.17, 15) is 9.18 Å². The lowest BCUT2D eigenvalue weighted by Crippen LogP contribution is -2.36. The maximum atomic E-state index is 14.1. The summed E-state index contributed by atoms with van der Waals surface area (Å²) in [6.45, 7) is 6.40.